The lowest BCUT2D eigenvalue weighted by Crippen LogP contribution is -2.38. The van der Waals surface area contributed by atoms with Gasteiger partial charge in [-0.3, -0.25) is 30.6 Å². The minimum absolute atomic E-state index is 0.107. The van der Waals surface area contributed by atoms with E-state index in [1.807, 2.05) is 30.3 Å². The largest absolute Gasteiger partial charge is 0.466 e. The van der Waals surface area contributed by atoms with E-state index in [1.165, 1.54) is 6.33 Å². The molecule has 1 aromatic heterocycles. The Labute approximate surface area is 178 Å². The van der Waals surface area contributed by atoms with Crippen molar-refractivity contribution in [3.05, 3.63) is 52.3 Å². The first-order valence-corrected chi connectivity index (χ1v) is 9.99. The number of esters is 1. The minimum Gasteiger partial charge on any atom is -0.466 e. The van der Waals surface area contributed by atoms with Crippen molar-refractivity contribution in [2.45, 2.75) is 26.2 Å². The van der Waals surface area contributed by atoms with Gasteiger partial charge in [-0.1, -0.05) is 30.3 Å². The molecule has 2 N–H and O–H groups in total. The first kappa shape index (κ1) is 21.9. The first-order chi connectivity index (χ1) is 15.0. The summed E-state index contributed by atoms with van der Waals surface area (Å²) in [5, 5.41) is 11.8. The van der Waals surface area contributed by atoms with Gasteiger partial charge in [-0.2, -0.15) is 0 Å². The zero-order valence-electron chi connectivity index (χ0n) is 17.1. The summed E-state index contributed by atoms with van der Waals surface area (Å²) in [6.07, 6.45) is 2.33. The number of nitrogens with one attached hydrogen (secondary N) is 2. The van der Waals surface area contributed by atoms with Crippen molar-refractivity contribution in [3.8, 4) is 0 Å². The molecule has 11 nitrogen and oxygen atoms in total. The van der Waals surface area contributed by atoms with Crippen LogP contribution in [0.25, 0.3) is 0 Å². The van der Waals surface area contributed by atoms with E-state index in [9.17, 15) is 19.7 Å². The third kappa shape index (κ3) is 5.65. The van der Waals surface area contributed by atoms with Crippen LogP contribution in [0.1, 0.15) is 25.3 Å². The molecule has 0 spiro atoms. The molecule has 11 heteroatoms. The van der Waals surface area contributed by atoms with Crippen molar-refractivity contribution in [1.82, 2.24) is 15.4 Å². The number of anilines is 2. The predicted molar refractivity (Wildman–Crippen MR) is 112 cm³/mol. The van der Waals surface area contributed by atoms with E-state index < -0.39 is 4.92 Å². The molecule has 31 heavy (non-hydrogen) atoms. The van der Waals surface area contributed by atoms with Crippen LogP contribution in [-0.2, 0) is 20.7 Å². The van der Waals surface area contributed by atoms with Crippen LogP contribution in [0.2, 0.25) is 0 Å². The fraction of sp³-hybridized carbons (Fsp3) is 0.400. The lowest BCUT2D eigenvalue weighted by Gasteiger charge is -2.31. The maximum Gasteiger partial charge on any atom is 0.355 e. The highest BCUT2D eigenvalue weighted by Crippen LogP contribution is 2.33. The average Bonchev–Trinajstić information content (AvgIpc) is 2.78. The Morgan fingerprint density at radius 3 is 2.58 bits per heavy atom. The molecule has 0 bridgehead atoms. The van der Waals surface area contributed by atoms with Crippen molar-refractivity contribution in [1.29, 1.82) is 0 Å². The van der Waals surface area contributed by atoms with Gasteiger partial charge in [0.1, 0.15) is 6.33 Å². The summed E-state index contributed by atoms with van der Waals surface area (Å²) in [5.74, 6) is -0.809. The van der Waals surface area contributed by atoms with E-state index in [0.717, 1.165) is 5.56 Å². The number of aromatic nitrogens is 2. The molecule has 2 heterocycles. The van der Waals surface area contributed by atoms with Gasteiger partial charge in [0.05, 0.1) is 23.9 Å². The van der Waals surface area contributed by atoms with Gasteiger partial charge in [0.2, 0.25) is 17.5 Å². The van der Waals surface area contributed by atoms with Gasteiger partial charge in [0.15, 0.2) is 0 Å². The molecule has 1 aromatic carbocycles. The van der Waals surface area contributed by atoms with Gasteiger partial charge >= 0.3 is 11.7 Å². The number of benzene rings is 1. The highest BCUT2D eigenvalue weighted by molar-refractivity contribution is 5.81. The third-order valence-corrected chi connectivity index (χ3v) is 4.93. The second kappa shape index (κ2) is 10.3. The Hall–Kier alpha value is -3.76. The fourth-order valence-electron chi connectivity index (χ4n) is 3.40. The summed E-state index contributed by atoms with van der Waals surface area (Å²) in [4.78, 5) is 45.0. The Balaban J connectivity index is 1.68. The van der Waals surface area contributed by atoms with Gasteiger partial charge in [-0.25, -0.2) is 9.97 Å². The minimum atomic E-state index is -0.585. The van der Waals surface area contributed by atoms with Crippen LogP contribution >= 0.6 is 0 Å². The SMILES string of the molecule is CCOC(=O)C1CCN(c2ncnc(NNC(=O)Cc3ccccc3)c2[N+](=O)[O-])CC1. The zero-order valence-corrected chi connectivity index (χ0v) is 17.1. The number of hydrazine groups is 1. The smallest absolute Gasteiger partial charge is 0.355 e. The van der Waals surface area contributed by atoms with Gasteiger partial charge in [0, 0.05) is 13.1 Å². The van der Waals surface area contributed by atoms with Crippen LogP contribution < -0.4 is 15.8 Å². The number of rotatable bonds is 8. The quantitative estimate of drug-likeness (QED) is 0.366. The number of carbonyl (C=O) groups excluding carboxylic acids is 2. The molecule has 1 fully saturated rings. The average molecular weight is 428 g/mol. The summed E-state index contributed by atoms with van der Waals surface area (Å²) in [6.45, 7) is 2.91. The van der Waals surface area contributed by atoms with Crippen molar-refractivity contribution in [2.75, 3.05) is 30.0 Å². The number of piperidine rings is 1. The summed E-state index contributed by atoms with van der Waals surface area (Å²) in [5.41, 5.74) is 5.46. The zero-order chi connectivity index (χ0) is 22.2. The first-order valence-electron chi connectivity index (χ1n) is 9.99. The van der Waals surface area contributed by atoms with Crippen molar-refractivity contribution >= 4 is 29.2 Å². The summed E-state index contributed by atoms with van der Waals surface area (Å²) < 4.78 is 5.06. The van der Waals surface area contributed by atoms with Gasteiger partial charge in [0.25, 0.3) is 0 Å². The summed E-state index contributed by atoms with van der Waals surface area (Å²) in [6, 6.07) is 9.11. The standard InChI is InChI=1S/C20H24N6O5/c1-2-31-20(28)15-8-10-25(11-9-15)19-17(26(29)30)18(21-13-22-19)24-23-16(27)12-14-6-4-3-5-7-14/h3-7,13,15H,2,8-12H2,1H3,(H,23,27)(H,21,22,24). The van der Waals surface area contributed by atoms with Crippen LogP contribution in [0.15, 0.2) is 36.7 Å². The van der Waals surface area contributed by atoms with Crippen molar-refractivity contribution in [2.24, 2.45) is 5.92 Å². The molecule has 0 aliphatic carbocycles. The molecular weight excluding hydrogens is 404 g/mol. The van der Waals surface area contributed by atoms with Gasteiger partial charge in [-0.15, -0.1) is 0 Å². The van der Waals surface area contributed by atoms with Crippen LogP contribution in [0.4, 0.5) is 17.3 Å². The number of ether oxygens (including phenoxy) is 1. The molecular formula is C20H24N6O5. The predicted octanol–water partition coefficient (Wildman–Crippen LogP) is 1.85. The highest BCUT2D eigenvalue weighted by Gasteiger charge is 2.32. The molecule has 2 aromatic rings. The lowest BCUT2D eigenvalue weighted by molar-refractivity contribution is -0.383. The monoisotopic (exact) mass is 428 g/mol. The summed E-state index contributed by atoms with van der Waals surface area (Å²) >= 11 is 0. The van der Waals surface area contributed by atoms with Crippen LogP contribution in [0.5, 0.6) is 0 Å². The maximum absolute atomic E-state index is 12.2. The number of amides is 1. The topological polar surface area (TPSA) is 140 Å². The number of nitro groups is 1. The molecule has 1 aliphatic rings. The number of hydrogen-bond acceptors (Lipinski definition) is 9. The van der Waals surface area contributed by atoms with E-state index >= 15 is 0 Å². The molecule has 1 amide bonds. The molecule has 164 valence electrons. The fourth-order valence-corrected chi connectivity index (χ4v) is 3.40. The van der Waals surface area contributed by atoms with Crippen LogP contribution in [-0.4, -0.2) is 46.5 Å². The Morgan fingerprint density at radius 1 is 1.23 bits per heavy atom. The molecule has 0 saturated carbocycles. The molecule has 1 saturated heterocycles. The highest BCUT2D eigenvalue weighted by atomic mass is 16.6. The van der Waals surface area contributed by atoms with Crippen LogP contribution in [0.3, 0.4) is 0 Å². The Morgan fingerprint density at radius 2 is 1.94 bits per heavy atom. The second-order valence-corrected chi connectivity index (χ2v) is 7.00. The maximum atomic E-state index is 12.2. The Kier molecular flexibility index (Phi) is 7.31. The molecule has 0 unspecified atom stereocenters. The lowest BCUT2D eigenvalue weighted by atomic mass is 9.97. The van der Waals surface area contributed by atoms with E-state index in [1.54, 1.807) is 11.8 Å². The van der Waals surface area contributed by atoms with Gasteiger partial charge < -0.3 is 9.64 Å². The Bertz CT molecular complexity index is 931. The van der Waals surface area contributed by atoms with E-state index in [-0.39, 0.29) is 41.5 Å². The molecule has 1 aliphatic heterocycles. The van der Waals surface area contributed by atoms with Crippen molar-refractivity contribution < 1.29 is 19.2 Å². The van der Waals surface area contributed by atoms with Gasteiger partial charge in [-0.05, 0) is 25.3 Å². The molecule has 3 rings (SSSR count). The number of nitrogens with zero attached hydrogens (tertiary/aromatic N) is 4. The molecule has 0 atom stereocenters. The number of hydrogen-bond donors (Lipinski definition) is 2. The third-order valence-electron chi connectivity index (χ3n) is 4.93. The van der Waals surface area contributed by atoms with E-state index in [0.29, 0.717) is 32.5 Å². The van der Waals surface area contributed by atoms with E-state index in [2.05, 4.69) is 20.8 Å². The summed E-state index contributed by atoms with van der Waals surface area (Å²) in [7, 11) is 0. The van der Waals surface area contributed by atoms with Crippen molar-refractivity contribution in [3.63, 3.8) is 0 Å². The second-order valence-electron chi connectivity index (χ2n) is 7.00. The molecule has 0 radical (unpaired) electrons. The van der Waals surface area contributed by atoms with Crippen LogP contribution in [0, 0.1) is 16.0 Å². The normalized spacial score (nSPS) is 14.0. The van der Waals surface area contributed by atoms with E-state index in [4.69, 9.17) is 4.74 Å². The number of carbonyl (C=O) groups is 2.